The maximum atomic E-state index is 12.1. The van der Waals surface area contributed by atoms with Crippen LogP contribution in [0.3, 0.4) is 0 Å². The number of nitrogens with one attached hydrogen (secondary N) is 1. The highest BCUT2D eigenvalue weighted by molar-refractivity contribution is 6.35. The molecule has 0 heterocycles. The van der Waals surface area contributed by atoms with Crippen LogP contribution in [-0.4, -0.2) is 11.9 Å². The van der Waals surface area contributed by atoms with Crippen LogP contribution < -0.4 is 11.1 Å². The summed E-state index contributed by atoms with van der Waals surface area (Å²) in [5.41, 5.74) is 7.54. The van der Waals surface area contributed by atoms with Crippen molar-refractivity contribution in [3.8, 4) is 0 Å². The Balaban J connectivity index is 1.92. The van der Waals surface area contributed by atoms with E-state index in [4.69, 9.17) is 28.9 Å². The van der Waals surface area contributed by atoms with Crippen molar-refractivity contribution in [3.63, 3.8) is 0 Å². The zero-order valence-corrected chi connectivity index (χ0v) is 12.9. The molecule has 2 aromatic rings. The van der Waals surface area contributed by atoms with Crippen molar-refractivity contribution in [2.75, 3.05) is 5.32 Å². The van der Waals surface area contributed by atoms with E-state index in [1.807, 2.05) is 30.3 Å². The van der Waals surface area contributed by atoms with Crippen molar-refractivity contribution in [1.82, 2.24) is 0 Å². The fraction of sp³-hybridized carbons (Fsp3) is 0.188. The molecule has 3 nitrogen and oxygen atoms in total. The zero-order chi connectivity index (χ0) is 15.2. The molecule has 0 saturated heterocycles. The summed E-state index contributed by atoms with van der Waals surface area (Å²) in [5, 5.41) is 3.65. The Kier molecular flexibility index (Phi) is 5.62. The molecule has 1 amide bonds. The third kappa shape index (κ3) is 4.74. The highest BCUT2D eigenvalue weighted by atomic mass is 35.5. The summed E-state index contributed by atoms with van der Waals surface area (Å²) >= 11 is 11.9. The summed E-state index contributed by atoms with van der Waals surface area (Å²) < 4.78 is 0. The average Bonchev–Trinajstić information content (AvgIpc) is 2.49. The first-order valence-electron chi connectivity index (χ1n) is 6.61. The van der Waals surface area contributed by atoms with Crippen molar-refractivity contribution < 1.29 is 4.79 Å². The van der Waals surface area contributed by atoms with E-state index in [9.17, 15) is 4.79 Å². The molecule has 0 fully saturated rings. The van der Waals surface area contributed by atoms with Gasteiger partial charge in [-0.05, 0) is 36.6 Å². The quantitative estimate of drug-likeness (QED) is 0.877. The Bertz CT molecular complexity index is 617. The van der Waals surface area contributed by atoms with Gasteiger partial charge in [0.2, 0.25) is 5.91 Å². The molecule has 5 heteroatoms. The van der Waals surface area contributed by atoms with Gasteiger partial charge in [-0.1, -0.05) is 53.5 Å². The number of carbonyl (C=O) groups is 1. The zero-order valence-electron chi connectivity index (χ0n) is 11.4. The van der Waals surface area contributed by atoms with Crippen LogP contribution in [0.15, 0.2) is 48.5 Å². The predicted octanol–water partition coefficient (Wildman–Crippen LogP) is 3.89. The highest BCUT2D eigenvalue weighted by Crippen LogP contribution is 2.25. The summed E-state index contributed by atoms with van der Waals surface area (Å²) in [6.45, 7) is 0. The van der Waals surface area contributed by atoms with Gasteiger partial charge in [0, 0.05) is 5.02 Å². The third-order valence-corrected chi connectivity index (χ3v) is 3.67. The van der Waals surface area contributed by atoms with Crippen LogP contribution in [0.1, 0.15) is 12.0 Å². The molecule has 3 N–H and O–H groups in total. The molecular formula is C16H16Cl2N2O. The largest absolute Gasteiger partial charge is 0.323 e. The summed E-state index contributed by atoms with van der Waals surface area (Å²) in [7, 11) is 0. The Morgan fingerprint density at radius 1 is 1.14 bits per heavy atom. The molecule has 0 aliphatic carbocycles. The number of hydrogen-bond acceptors (Lipinski definition) is 2. The number of amides is 1. The van der Waals surface area contributed by atoms with Gasteiger partial charge in [0.05, 0.1) is 16.8 Å². The van der Waals surface area contributed by atoms with E-state index < -0.39 is 6.04 Å². The fourth-order valence-corrected chi connectivity index (χ4v) is 2.25. The number of benzene rings is 2. The molecule has 110 valence electrons. The standard InChI is InChI=1S/C16H16Cl2N2O/c17-12-7-8-13(18)15(10-12)20-16(21)14(19)9-6-11-4-2-1-3-5-11/h1-5,7-8,10,14H,6,9,19H2,(H,20,21). The Morgan fingerprint density at radius 3 is 2.57 bits per heavy atom. The van der Waals surface area contributed by atoms with E-state index in [0.29, 0.717) is 22.2 Å². The van der Waals surface area contributed by atoms with Crippen LogP contribution in [0, 0.1) is 0 Å². The van der Waals surface area contributed by atoms with Crippen LogP contribution in [0.5, 0.6) is 0 Å². The minimum atomic E-state index is -0.597. The van der Waals surface area contributed by atoms with Gasteiger partial charge < -0.3 is 11.1 Å². The van der Waals surface area contributed by atoms with Crippen molar-refractivity contribution in [2.45, 2.75) is 18.9 Å². The van der Waals surface area contributed by atoms with Crippen molar-refractivity contribution in [1.29, 1.82) is 0 Å². The highest BCUT2D eigenvalue weighted by Gasteiger charge is 2.15. The van der Waals surface area contributed by atoms with Crippen LogP contribution in [0.2, 0.25) is 10.0 Å². The first-order chi connectivity index (χ1) is 10.1. The lowest BCUT2D eigenvalue weighted by atomic mass is 10.1. The number of rotatable bonds is 5. The minimum absolute atomic E-state index is 0.268. The molecular weight excluding hydrogens is 307 g/mol. The number of hydrogen-bond donors (Lipinski definition) is 2. The number of halogens is 2. The van der Waals surface area contributed by atoms with Crippen LogP contribution in [0.4, 0.5) is 5.69 Å². The SMILES string of the molecule is NC(CCc1ccccc1)C(=O)Nc1cc(Cl)ccc1Cl. The van der Waals surface area contributed by atoms with E-state index in [-0.39, 0.29) is 5.91 Å². The average molecular weight is 323 g/mol. The summed E-state index contributed by atoms with van der Waals surface area (Å²) in [5.74, 6) is -0.268. The predicted molar refractivity (Wildman–Crippen MR) is 87.8 cm³/mol. The Hall–Kier alpha value is -1.55. The van der Waals surface area contributed by atoms with Gasteiger partial charge in [-0.3, -0.25) is 4.79 Å². The topological polar surface area (TPSA) is 55.1 Å². The number of carbonyl (C=O) groups excluding carboxylic acids is 1. The second-order valence-electron chi connectivity index (χ2n) is 4.74. The molecule has 0 saturated carbocycles. The second-order valence-corrected chi connectivity index (χ2v) is 5.59. The Morgan fingerprint density at radius 2 is 1.86 bits per heavy atom. The Labute approximate surface area is 134 Å². The van der Waals surface area contributed by atoms with E-state index in [1.165, 1.54) is 0 Å². The maximum Gasteiger partial charge on any atom is 0.241 e. The van der Waals surface area contributed by atoms with Gasteiger partial charge in [0.25, 0.3) is 0 Å². The lowest BCUT2D eigenvalue weighted by molar-refractivity contribution is -0.117. The van der Waals surface area contributed by atoms with E-state index in [2.05, 4.69) is 5.32 Å². The molecule has 2 aromatic carbocycles. The minimum Gasteiger partial charge on any atom is -0.323 e. The molecule has 2 rings (SSSR count). The van der Waals surface area contributed by atoms with Crippen molar-refractivity contribution >= 4 is 34.8 Å². The molecule has 1 atom stereocenters. The molecule has 21 heavy (non-hydrogen) atoms. The molecule has 0 bridgehead atoms. The van der Waals surface area contributed by atoms with E-state index in [0.717, 1.165) is 12.0 Å². The van der Waals surface area contributed by atoms with Gasteiger partial charge in [0.15, 0.2) is 0 Å². The molecule has 1 unspecified atom stereocenters. The van der Waals surface area contributed by atoms with Gasteiger partial charge in [0.1, 0.15) is 0 Å². The van der Waals surface area contributed by atoms with Crippen molar-refractivity contribution in [2.24, 2.45) is 5.73 Å². The molecule has 0 spiro atoms. The van der Waals surface area contributed by atoms with Crippen LogP contribution >= 0.6 is 23.2 Å². The number of anilines is 1. The van der Waals surface area contributed by atoms with Gasteiger partial charge >= 0.3 is 0 Å². The number of nitrogens with two attached hydrogens (primary N) is 1. The number of aryl methyl sites for hydroxylation is 1. The first kappa shape index (κ1) is 15.8. The lowest BCUT2D eigenvalue weighted by Gasteiger charge is -2.13. The maximum absolute atomic E-state index is 12.1. The van der Waals surface area contributed by atoms with Gasteiger partial charge in [-0.15, -0.1) is 0 Å². The molecule has 0 aliphatic heterocycles. The van der Waals surface area contributed by atoms with Gasteiger partial charge in [-0.2, -0.15) is 0 Å². The molecule has 0 aromatic heterocycles. The van der Waals surface area contributed by atoms with Crippen LogP contribution in [-0.2, 0) is 11.2 Å². The molecule has 0 radical (unpaired) electrons. The lowest BCUT2D eigenvalue weighted by Crippen LogP contribution is -2.36. The van der Waals surface area contributed by atoms with Gasteiger partial charge in [-0.25, -0.2) is 0 Å². The smallest absolute Gasteiger partial charge is 0.241 e. The van der Waals surface area contributed by atoms with E-state index in [1.54, 1.807) is 18.2 Å². The summed E-state index contributed by atoms with van der Waals surface area (Å²) in [6.07, 6.45) is 1.31. The first-order valence-corrected chi connectivity index (χ1v) is 7.37. The van der Waals surface area contributed by atoms with Crippen LogP contribution in [0.25, 0.3) is 0 Å². The molecule has 0 aliphatic rings. The summed E-state index contributed by atoms with van der Waals surface area (Å²) in [4.78, 5) is 12.1. The normalized spacial score (nSPS) is 12.0. The summed E-state index contributed by atoms with van der Waals surface area (Å²) in [6, 6.07) is 14.2. The fourth-order valence-electron chi connectivity index (χ4n) is 1.92. The van der Waals surface area contributed by atoms with Crippen molar-refractivity contribution in [3.05, 3.63) is 64.1 Å². The third-order valence-electron chi connectivity index (χ3n) is 3.11. The monoisotopic (exact) mass is 322 g/mol. The van der Waals surface area contributed by atoms with E-state index >= 15 is 0 Å². The second kappa shape index (κ2) is 7.46.